The molecule has 3 N–H and O–H groups in total. The fourth-order valence-corrected chi connectivity index (χ4v) is 2.69. The molecular weight excluding hydrogens is 296 g/mol. The lowest BCUT2D eigenvalue weighted by molar-refractivity contribution is -0.125. The number of pyridine rings is 1. The van der Waals surface area contributed by atoms with Gasteiger partial charge < -0.3 is 4.90 Å². The lowest BCUT2D eigenvalue weighted by Crippen LogP contribution is -2.43. The molecule has 98 valence electrons. The van der Waals surface area contributed by atoms with Crippen LogP contribution in [0.5, 0.6) is 0 Å². The third-order valence-corrected chi connectivity index (χ3v) is 3.89. The van der Waals surface area contributed by atoms with Gasteiger partial charge in [0.2, 0.25) is 5.91 Å². The summed E-state index contributed by atoms with van der Waals surface area (Å²) in [5, 5.41) is 0. The van der Waals surface area contributed by atoms with E-state index in [1.807, 2.05) is 19.1 Å². The third-order valence-electron chi connectivity index (χ3n) is 3.27. The second-order valence-electron chi connectivity index (χ2n) is 4.53. The molecule has 0 unspecified atom stereocenters. The average Bonchev–Trinajstić information content (AvgIpc) is 2.41. The monoisotopic (exact) mass is 312 g/mol. The summed E-state index contributed by atoms with van der Waals surface area (Å²) in [6, 6.07) is 3.98. The topological polar surface area (TPSA) is 71.2 Å². The van der Waals surface area contributed by atoms with Gasteiger partial charge in [-0.1, -0.05) is 0 Å². The van der Waals surface area contributed by atoms with Crippen molar-refractivity contribution < 1.29 is 4.79 Å². The summed E-state index contributed by atoms with van der Waals surface area (Å²) in [6.45, 7) is 3.63. The zero-order valence-electron chi connectivity index (χ0n) is 10.3. The summed E-state index contributed by atoms with van der Waals surface area (Å²) in [6.07, 6.45) is 1.62. The number of nitrogens with one attached hydrogen (secondary N) is 1. The summed E-state index contributed by atoms with van der Waals surface area (Å²) >= 11 is 3.52. The predicted molar refractivity (Wildman–Crippen MR) is 73.9 cm³/mol. The number of carbonyl (C=O) groups is 1. The molecule has 0 aliphatic carbocycles. The number of hydrogen-bond acceptors (Lipinski definition) is 4. The first-order valence-corrected chi connectivity index (χ1v) is 6.79. The van der Waals surface area contributed by atoms with Crippen LogP contribution in [0.1, 0.15) is 18.5 Å². The Balaban J connectivity index is 2.05. The van der Waals surface area contributed by atoms with Crippen molar-refractivity contribution in [3.63, 3.8) is 0 Å². The maximum absolute atomic E-state index is 11.5. The molecule has 2 rings (SSSR count). The highest BCUT2D eigenvalue weighted by Crippen LogP contribution is 2.28. The van der Waals surface area contributed by atoms with Gasteiger partial charge in [-0.25, -0.2) is 10.8 Å². The number of nitrogens with two attached hydrogens (primary N) is 1. The van der Waals surface area contributed by atoms with Gasteiger partial charge in [0.05, 0.1) is 4.47 Å². The first kappa shape index (κ1) is 13.3. The van der Waals surface area contributed by atoms with Gasteiger partial charge in [-0.2, -0.15) is 0 Å². The zero-order valence-corrected chi connectivity index (χ0v) is 11.9. The SMILES string of the molecule is Cc1ccc(Br)c(N2CCC(C(=O)NN)CC2)n1. The van der Waals surface area contributed by atoms with Gasteiger partial charge in [-0.3, -0.25) is 10.2 Å². The number of hydrazine groups is 1. The molecule has 0 bridgehead atoms. The van der Waals surface area contributed by atoms with Crippen molar-refractivity contribution >= 4 is 27.7 Å². The van der Waals surface area contributed by atoms with Crippen LogP contribution in [0, 0.1) is 12.8 Å². The molecule has 2 heterocycles. The molecule has 1 saturated heterocycles. The van der Waals surface area contributed by atoms with Crippen LogP contribution in [0.3, 0.4) is 0 Å². The Hall–Kier alpha value is -1.14. The third kappa shape index (κ3) is 2.81. The van der Waals surface area contributed by atoms with E-state index >= 15 is 0 Å². The number of piperidine rings is 1. The van der Waals surface area contributed by atoms with E-state index in [9.17, 15) is 4.79 Å². The molecule has 18 heavy (non-hydrogen) atoms. The van der Waals surface area contributed by atoms with Crippen molar-refractivity contribution in [2.45, 2.75) is 19.8 Å². The fraction of sp³-hybridized carbons (Fsp3) is 0.500. The summed E-state index contributed by atoms with van der Waals surface area (Å²) in [5.74, 6) is 6.08. The molecule has 0 aromatic carbocycles. The van der Waals surface area contributed by atoms with E-state index in [1.54, 1.807) is 0 Å². The zero-order chi connectivity index (χ0) is 13.1. The van der Waals surface area contributed by atoms with Crippen LogP contribution in [0.25, 0.3) is 0 Å². The maximum Gasteiger partial charge on any atom is 0.237 e. The van der Waals surface area contributed by atoms with Crippen molar-refractivity contribution in [3.05, 3.63) is 22.3 Å². The molecule has 0 atom stereocenters. The molecule has 1 aliphatic heterocycles. The van der Waals surface area contributed by atoms with Crippen LogP contribution >= 0.6 is 15.9 Å². The first-order chi connectivity index (χ1) is 8.61. The smallest absolute Gasteiger partial charge is 0.237 e. The lowest BCUT2D eigenvalue weighted by atomic mass is 9.96. The first-order valence-electron chi connectivity index (χ1n) is 6.00. The summed E-state index contributed by atoms with van der Waals surface area (Å²) in [4.78, 5) is 18.2. The molecule has 1 aliphatic rings. The Kier molecular flexibility index (Phi) is 4.19. The van der Waals surface area contributed by atoms with E-state index in [-0.39, 0.29) is 11.8 Å². The molecule has 1 aromatic rings. The van der Waals surface area contributed by atoms with Crippen LogP contribution < -0.4 is 16.2 Å². The van der Waals surface area contributed by atoms with Crippen LogP contribution in [-0.4, -0.2) is 24.0 Å². The van der Waals surface area contributed by atoms with Crippen molar-refractivity contribution in [2.75, 3.05) is 18.0 Å². The Morgan fingerprint density at radius 1 is 1.50 bits per heavy atom. The number of halogens is 1. The number of carbonyl (C=O) groups excluding carboxylic acids is 1. The normalized spacial score (nSPS) is 16.7. The predicted octanol–water partition coefficient (Wildman–Crippen LogP) is 1.36. The number of aromatic nitrogens is 1. The van der Waals surface area contributed by atoms with E-state index in [4.69, 9.17) is 5.84 Å². The maximum atomic E-state index is 11.5. The molecule has 6 heteroatoms. The fourth-order valence-electron chi connectivity index (χ4n) is 2.22. The van der Waals surface area contributed by atoms with Crippen LogP contribution in [-0.2, 0) is 4.79 Å². The highest BCUT2D eigenvalue weighted by atomic mass is 79.9. The van der Waals surface area contributed by atoms with Gasteiger partial charge in [0.15, 0.2) is 0 Å². The molecule has 0 saturated carbocycles. The molecule has 1 amide bonds. The number of aryl methyl sites for hydroxylation is 1. The van der Waals surface area contributed by atoms with Gasteiger partial charge in [-0.05, 0) is 47.8 Å². The van der Waals surface area contributed by atoms with E-state index in [0.717, 1.165) is 41.9 Å². The number of nitrogens with zero attached hydrogens (tertiary/aromatic N) is 2. The van der Waals surface area contributed by atoms with Gasteiger partial charge in [0.25, 0.3) is 0 Å². The minimum absolute atomic E-state index is 0.0230. The quantitative estimate of drug-likeness (QED) is 0.491. The number of anilines is 1. The van der Waals surface area contributed by atoms with Gasteiger partial charge in [-0.15, -0.1) is 0 Å². The highest BCUT2D eigenvalue weighted by Gasteiger charge is 2.25. The number of rotatable bonds is 2. The van der Waals surface area contributed by atoms with E-state index < -0.39 is 0 Å². The molecule has 5 nitrogen and oxygen atoms in total. The molecule has 1 aromatic heterocycles. The number of hydrogen-bond donors (Lipinski definition) is 2. The van der Waals surface area contributed by atoms with Crippen LogP contribution in [0.15, 0.2) is 16.6 Å². The van der Waals surface area contributed by atoms with E-state index in [1.165, 1.54) is 0 Å². The van der Waals surface area contributed by atoms with E-state index in [2.05, 4.69) is 31.2 Å². The Morgan fingerprint density at radius 3 is 2.78 bits per heavy atom. The van der Waals surface area contributed by atoms with Crippen molar-refractivity contribution in [3.8, 4) is 0 Å². The average molecular weight is 313 g/mol. The molecule has 0 radical (unpaired) electrons. The number of amides is 1. The van der Waals surface area contributed by atoms with Crippen LogP contribution in [0.2, 0.25) is 0 Å². The van der Waals surface area contributed by atoms with Crippen molar-refractivity contribution in [1.29, 1.82) is 0 Å². The second-order valence-corrected chi connectivity index (χ2v) is 5.38. The second kappa shape index (κ2) is 5.67. The van der Waals surface area contributed by atoms with Gasteiger partial charge in [0.1, 0.15) is 5.82 Å². The molecular formula is C12H17BrN4O. The molecule has 1 fully saturated rings. The van der Waals surface area contributed by atoms with Crippen molar-refractivity contribution in [2.24, 2.45) is 11.8 Å². The largest absolute Gasteiger partial charge is 0.356 e. The van der Waals surface area contributed by atoms with Crippen molar-refractivity contribution in [1.82, 2.24) is 10.4 Å². The van der Waals surface area contributed by atoms with Crippen LogP contribution in [0.4, 0.5) is 5.82 Å². The summed E-state index contributed by atoms with van der Waals surface area (Å²) in [5.41, 5.74) is 3.22. The Morgan fingerprint density at radius 2 is 2.17 bits per heavy atom. The van der Waals surface area contributed by atoms with Gasteiger partial charge in [0, 0.05) is 24.7 Å². The molecule has 0 spiro atoms. The van der Waals surface area contributed by atoms with E-state index in [0.29, 0.717) is 0 Å². The van der Waals surface area contributed by atoms with Gasteiger partial charge >= 0.3 is 0 Å². The Labute approximate surface area is 115 Å². The summed E-state index contributed by atoms with van der Waals surface area (Å²) < 4.78 is 0.995. The Bertz CT molecular complexity index is 444. The standard InChI is InChI=1S/C12H17BrN4O/c1-8-2-3-10(13)11(15-8)17-6-4-9(5-7-17)12(18)16-14/h2-3,9H,4-7,14H2,1H3,(H,16,18). The lowest BCUT2D eigenvalue weighted by Gasteiger charge is -2.32. The minimum Gasteiger partial charge on any atom is -0.356 e. The summed E-state index contributed by atoms with van der Waals surface area (Å²) in [7, 11) is 0. The highest BCUT2D eigenvalue weighted by molar-refractivity contribution is 9.10. The minimum atomic E-state index is -0.0640.